The zero-order valence-corrected chi connectivity index (χ0v) is 7.89. The Morgan fingerprint density at radius 3 is 1.94 bits per heavy atom. The predicted octanol–water partition coefficient (Wildman–Crippen LogP) is 3.30. The lowest BCUT2D eigenvalue weighted by atomic mass is 10.0. The van der Waals surface area contributed by atoms with Gasteiger partial charge in [0.05, 0.1) is 6.42 Å². The molecule has 0 aromatic heterocycles. The number of ketones is 1. The van der Waals surface area contributed by atoms with Crippen LogP contribution in [0.5, 0.6) is 0 Å². The number of Topliss-reactive ketones (excluding diaryl/α,β-unsaturated/α-hetero) is 1. The second-order valence-electron chi connectivity index (χ2n) is 3.17. The molecule has 0 bridgehead atoms. The molecular weight excluding hydrogens is 231 g/mol. The van der Waals surface area contributed by atoms with Crippen LogP contribution in [0.15, 0.2) is 30.3 Å². The second-order valence-corrected chi connectivity index (χ2v) is 3.17. The number of carbonyl (C=O) groups excluding carboxylic acids is 1. The lowest BCUT2D eigenvalue weighted by Crippen LogP contribution is -2.29. The highest BCUT2D eigenvalue weighted by Gasteiger charge is 2.45. The van der Waals surface area contributed by atoms with Crippen LogP contribution in [0.25, 0.3) is 0 Å². The van der Waals surface area contributed by atoms with Gasteiger partial charge in [-0.05, 0) is 0 Å². The summed E-state index contributed by atoms with van der Waals surface area (Å²) in [6.45, 7) is 0. The summed E-state index contributed by atoms with van der Waals surface area (Å²) in [5.41, 5.74) is -0.604. The first-order valence-corrected chi connectivity index (χ1v) is 4.27. The Morgan fingerprint density at radius 2 is 1.50 bits per heavy atom. The number of hydrogen-bond donors (Lipinski definition) is 0. The maximum absolute atomic E-state index is 13.2. The number of carbonyl (C=O) groups is 1. The zero-order valence-electron chi connectivity index (χ0n) is 7.89. The first-order valence-electron chi connectivity index (χ1n) is 4.27. The summed E-state index contributed by atoms with van der Waals surface area (Å²) in [5.74, 6) is -6.23. The van der Waals surface area contributed by atoms with Gasteiger partial charge in [-0.1, -0.05) is 30.3 Å². The van der Waals surface area contributed by atoms with E-state index in [0.717, 1.165) is 12.1 Å². The van der Waals surface area contributed by atoms with Gasteiger partial charge in [0.25, 0.3) is 5.92 Å². The number of benzene rings is 1. The van der Waals surface area contributed by atoms with Crippen molar-refractivity contribution in [1.82, 2.24) is 0 Å². The summed E-state index contributed by atoms with van der Waals surface area (Å²) in [4.78, 5) is 10.4. The fourth-order valence-corrected chi connectivity index (χ4v) is 1.09. The fraction of sp³-hybridized carbons (Fsp3) is 0.300. The minimum Gasteiger partial charge on any atom is -0.289 e. The van der Waals surface area contributed by atoms with Gasteiger partial charge in [-0.15, -0.1) is 0 Å². The van der Waals surface area contributed by atoms with E-state index in [0.29, 0.717) is 0 Å². The van der Waals surface area contributed by atoms with Crippen LogP contribution in [0.2, 0.25) is 0 Å². The van der Waals surface area contributed by atoms with Gasteiger partial charge in [0, 0.05) is 5.56 Å². The monoisotopic (exact) mass is 238 g/mol. The normalized spacial score (nSPS) is 12.6. The van der Waals surface area contributed by atoms with E-state index in [9.17, 15) is 26.7 Å². The molecular formula is C10H7F5O. The molecule has 0 amide bonds. The molecule has 1 aromatic carbocycles. The summed E-state index contributed by atoms with van der Waals surface area (Å²) >= 11 is 0. The van der Waals surface area contributed by atoms with Crippen molar-refractivity contribution >= 4 is 5.78 Å². The van der Waals surface area contributed by atoms with E-state index < -0.39 is 29.9 Å². The molecule has 0 N–H and O–H groups in total. The molecule has 0 aliphatic rings. The van der Waals surface area contributed by atoms with Crippen molar-refractivity contribution in [2.75, 3.05) is 0 Å². The minimum atomic E-state index is -5.22. The minimum absolute atomic E-state index is 0.604. The lowest BCUT2D eigenvalue weighted by Gasteiger charge is -2.16. The van der Waals surface area contributed by atoms with Gasteiger partial charge in [-0.3, -0.25) is 4.79 Å². The molecule has 0 saturated heterocycles. The van der Waals surface area contributed by atoms with Crippen LogP contribution in [0.4, 0.5) is 22.0 Å². The van der Waals surface area contributed by atoms with Crippen molar-refractivity contribution in [3.63, 3.8) is 0 Å². The van der Waals surface area contributed by atoms with Crippen molar-refractivity contribution in [3.8, 4) is 0 Å². The predicted molar refractivity (Wildman–Crippen MR) is 46.0 cm³/mol. The van der Waals surface area contributed by atoms with Gasteiger partial charge >= 0.3 is 6.18 Å². The third-order valence-electron chi connectivity index (χ3n) is 1.89. The SMILES string of the molecule is O=C(CC(F)(F)c1ccccc1)C(F)(F)F. The van der Waals surface area contributed by atoms with E-state index >= 15 is 0 Å². The van der Waals surface area contributed by atoms with Gasteiger partial charge in [0.2, 0.25) is 5.78 Å². The molecule has 1 nitrogen and oxygen atoms in total. The van der Waals surface area contributed by atoms with E-state index in [1.54, 1.807) is 0 Å². The Kier molecular flexibility index (Phi) is 3.30. The Hall–Kier alpha value is -1.46. The molecule has 0 aliphatic heterocycles. The van der Waals surface area contributed by atoms with Gasteiger partial charge in [-0.2, -0.15) is 13.2 Å². The summed E-state index contributed by atoms with van der Waals surface area (Å²) in [5, 5.41) is 0. The van der Waals surface area contributed by atoms with Crippen molar-refractivity contribution in [2.45, 2.75) is 18.5 Å². The Labute approximate surface area is 87.9 Å². The molecule has 0 radical (unpaired) electrons. The molecule has 0 spiro atoms. The first kappa shape index (κ1) is 12.6. The van der Waals surface area contributed by atoms with Crippen LogP contribution in [0, 0.1) is 0 Å². The topological polar surface area (TPSA) is 17.1 Å². The van der Waals surface area contributed by atoms with E-state index in [1.165, 1.54) is 18.2 Å². The summed E-state index contributed by atoms with van der Waals surface area (Å²) < 4.78 is 61.9. The van der Waals surface area contributed by atoms with E-state index in [4.69, 9.17) is 0 Å². The fourth-order valence-electron chi connectivity index (χ4n) is 1.09. The van der Waals surface area contributed by atoms with Crippen LogP contribution >= 0.6 is 0 Å². The average Bonchev–Trinajstić information content (AvgIpc) is 2.17. The summed E-state index contributed by atoms with van der Waals surface area (Å²) in [7, 11) is 0. The highest BCUT2D eigenvalue weighted by Crippen LogP contribution is 2.34. The second kappa shape index (κ2) is 4.19. The quantitative estimate of drug-likeness (QED) is 0.738. The van der Waals surface area contributed by atoms with Crippen molar-refractivity contribution in [1.29, 1.82) is 0 Å². The Balaban J connectivity index is 2.85. The first-order chi connectivity index (χ1) is 7.23. The largest absolute Gasteiger partial charge is 0.450 e. The number of halogens is 5. The molecule has 0 aliphatic carbocycles. The lowest BCUT2D eigenvalue weighted by molar-refractivity contribution is -0.178. The zero-order chi connectivity index (χ0) is 12.4. The van der Waals surface area contributed by atoms with Crippen LogP contribution in [-0.2, 0) is 10.7 Å². The average molecular weight is 238 g/mol. The summed E-state index contributed by atoms with van der Waals surface area (Å²) in [6.07, 6.45) is -7.08. The van der Waals surface area contributed by atoms with Crippen molar-refractivity contribution in [2.24, 2.45) is 0 Å². The van der Waals surface area contributed by atoms with Gasteiger partial charge in [0.15, 0.2) is 0 Å². The Bertz CT molecular complexity index is 369. The molecule has 0 unspecified atom stereocenters. The molecule has 88 valence electrons. The van der Waals surface area contributed by atoms with Crippen molar-refractivity contribution in [3.05, 3.63) is 35.9 Å². The number of rotatable bonds is 3. The molecule has 1 rings (SSSR count). The van der Waals surface area contributed by atoms with Gasteiger partial charge in [0.1, 0.15) is 0 Å². The third-order valence-corrected chi connectivity index (χ3v) is 1.89. The van der Waals surface area contributed by atoms with Crippen molar-refractivity contribution < 1.29 is 26.7 Å². The molecule has 6 heteroatoms. The van der Waals surface area contributed by atoms with E-state index in [1.807, 2.05) is 0 Å². The Morgan fingerprint density at radius 1 is 1.00 bits per heavy atom. The van der Waals surface area contributed by atoms with Crippen LogP contribution in [0.3, 0.4) is 0 Å². The van der Waals surface area contributed by atoms with Gasteiger partial charge < -0.3 is 0 Å². The highest BCUT2D eigenvalue weighted by atomic mass is 19.4. The third kappa shape index (κ3) is 3.01. The summed E-state index contributed by atoms with van der Waals surface area (Å²) in [6, 6.07) is 5.93. The van der Waals surface area contributed by atoms with Crippen LogP contribution in [0.1, 0.15) is 12.0 Å². The molecule has 0 heterocycles. The molecule has 1 aromatic rings. The smallest absolute Gasteiger partial charge is 0.289 e. The van der Waals surface area contributed by atoms with Gasteiger partial charge in [-0.25, -0.2) is 8.78 Å². The highest BCUT2D eigenvalue weighted by molar-refractivity contribution is 5.84. The van der Waals surface area contributed by atoms with Crippen LogP contribution in [-0.4, -0.2) is 12.0 Å². The number of alkyl halides is 5. The molecule has 16 heavy (non-hydrogen) atoms. The van der Waals surface area contributed by atoms with E-state index in [-0.39, 0.29) is 0 Å². The molecule has 0 saturated carbocycles. The standard InChI is InChI=1S/C10H7F5O/c11-9(12,6-8(16)10(13,14)15)7-4-2-1-3-5-7/h1-5H,6H2. The molecule has 0 atom stereocenters. The maximum atomic E-state index is 13.2. The number of hydrogen-bond acceptors (Lipinski definition) is 1. The maximum Gasteiger partial charge on any atom is 0.450 e. The van der Waals surface area contributed by atoms with Crippen LogP contribution < -0.4 is 0 Å². The van der Waals surface area contributed by atoms with E-state index in [2.05, 4.69) is 0 Å². The molecule has 0 fully saturated rings.